The molecule has 0 saturated heterocycles. The maximum atomic E-state index is 12.6. The highest BCUT2D eigenvalue weighted by atomic mass is 16.5. The number of aliphatic hydroxyl groups excluding tert-OH is 2. The van der Waals surface area contributed by atoms with Crippen LogP contribution in [0.25, 0.3) is 0 Å². The third-order valence-corrected chi connectivity index (χ3v) is 21.5. The lowest BCUT2D eigenvalue weighted by Gasteiger charge is -2.22. The molecule has 0 aromatic heterocycles. The number of ether oxygens (including phenoxy) is 1. The van der Waals surface area contributed by atoms with Gasteiger partial charge in [-0.15, -0.1) is 0 Å². The fourth-order valence-corrected chi connectivity index (χ4v) is 14.6. The van der Waals surface area contributed by atoms with Gasteiger partial charge in [0.2, 0.25) is 5.91 Å². The van der Waals surface area contributed by atoms with Crippen molar-refractivity contribution in [1.29, 1.82) is 0 Å². The quantitative estimate of drug-likeness (QED) is 0.0320. The largest absolute Gasteiger partial charge is 0.466 e. The monoisotopic (exact) mass is 1360 g/mol. The maximum Gasteiger partial charge on any atom is 0.305 e. The van der Waals surface area contributed by atoms with E-state index >= 15 is 0 Å². The highest BCUT2D eigenvalue weighted by molar-refractivity contribution is 5.76. The molecule has 97 heavy (non-hydrogen) atoms. The molecule has 0 aromatic carbocycles. The van der Waals surface area contributed by atoms with E-state index in [9.17, 15) is 19.8 Å². The van der Waals surface area contributed by atoms with Crippen LogP contribution >= 0.6 is 0 Å². The lowest BCUT2D eigenvalue weighted by atomic mass is 10.0. The summed E-state index contributed by atoms with van der Waals surface area (Å²) in [5, 5.41) is 23.5. The van der Waals surface area contributed by atoms with E-state index in [1.54, 1.807) is 0 Å². The summed E-state index contributed by atoms with van der Waals surface area (Å²) in [6.07, 6.45) is 113. The summed E-state index contributed by atoms with van der Waals surface area (Å²) in [5.41, 5.74) is 0. The molecule has 0 heterocycles. The van der Waals surface area contributed by atoms with Crippen LogP contribution in [-0.4, -0.2) is 47.4 Å². The SMILES string of the molecule is CCCCCCCC/C=C\CCCCCCCCCCCC(=O)OCCCCCCCCCCCCCCCCCCCC/C=C\CCCCCCCCCCCCCCCCCCCC(=O)NC(CO)C(O)CCCCCCCCCCCCCCCCCCCCCCCC. The Hall–Kier alpha value is -1.66. The van der Waals surface area contributed by atoms with E-state index in [0.717, 1.165) is 38.5 Å². The zero-order valence-corrected chi connectivity index (χ0v) is 66.4. The van der Waals surface area contributed by atoms with Gasteiger partial charge in [-0.2, -0.15) is 0 Å². The van der Waals surface area contributed by atoms with Gasteiger partial charge in [0.15, 0.2) is 0 Å². The zero-order valence-electron chi connectivity index (χ0n) is 66.4. The minimum absolute atomic E-state index is 0.0234. The van der Waals surface area contributed by atoms with E-state index in [1.807, 2.05) is 0 Å². The number of aliphatic hydroxyl groups is 2. The fraction of sp³-hybridized carbons (Fsp3) is 0.934. The Bertz CT molecular complexity index is 1530. The highest BCUT2D eigenvalue weighted by Crippen LogP contribution is 2.21. The summed E-state index contributed by atoms with van der Waals surface area (Å²) >= 11 is 0. The third kappa shape index (κ3) is 83.2. The first-order chi connectivity index (χ1) is 48.0. The van der Waals surface area contributed by atoms with Gasteiger partial charge in [-0.1, -0.05) is 456 Å². The van der Waals surface area contributed by atoms with Crippen LogP contribution in [0, 0.1) is 0 Å². The Labute approximate surface area is 609 Å². The molecular formula is C91H177NO5. The van der Waals surface area contributed by atoms with Crippen LogP contribution in [0.4, 0.5) is 0 Å². The Kier molecular flexibility index (Phi) is 85.3. The maximum absolute atomic E-state index is 12.6. The number of rotatable bonds is 86. The van der Waals surface area contributed by atoms with Crippen molar-refractivity contribution in [3.63, 3.8) is 0 Å². The first-order valence-corrected chi connectivity index (χ1v) is 45.1. The number of esters is 1. The van der Waals surface area contributed by atoms with Gasteiger partial charge in [0, 0.05) is 12.8 Å². The van der Waals surface area contributed by atoms with Crippen molar-refractivity contribution in [3.05, 3.63) is 24.3 Å². The van der Waals surface area contributed by atoms with Gasteiger partial charge in [-0.05, 0) is 77.0 Å². The first-order valence-electron chi connectivity index (χ1n) is 45.1. The summed E-state index contributed by atoms with van der Waals surface area (Å²) in [7, 11) is 0. The van der Waals surface area contributed by atoms with Gasteiger partial charge in [-0.25, -0.2) is 0 Å². The van der Waals surface area contributed by atoms with Gasteiger partial charge in [0.25, 0.3) is 0 Å². The number of amides is 1. The molecule has 0 aliphatic rings. The molecule has 0 bridgehead atoms. The van der Waals surface area contributed by atoms with Crippen LogP contribution in [0.3, 0.4) is 0 Å². The van der Waals surface area contributed by atoms with Crippen LogP contribution in [0.5, 0.6) is 0 Å². The third-order valence-electron chi connectivity index (χ3n) is 21.5. The highest BCUT2D eigenvalue weighted by Gasteiger charge is 2.20. The standard InChI is InChI=1S/C91H177NO5/c1-3-5-7-9-11-13-15-17-19-21-23-24-44-48-51-55-59-63-67-71-75-79-83-89(94)88(87-93)92-90(95)84-80-76-72-68-64-60-56-52-49-45-42-40-38-36-34-32-30-28-26-25-27-29-31-33-35-37-39-41-43-46-50-54-58-62-66-70-74-78-82-86-97-91(96)85-81-77-73-69-65-61-57-53-47-22-20-18-16-14-12-10-8-6-4-2/h18,20,25-26,88-89,93-94H,3-17,19,21-24,27-87H2,1-2H3,(H,92,95)/b20-18-,26-25-. The smallest absolute Gasteiger partial charge is 0.305 e. The summed E-state index contributed by atoms with van der Waals surface area (Å²) < 4.78 is 5.52. The predicted molar refractivity (Wildman–Crippen MR) is 430 cm³/mol. The molecule has 2 unspecified atom stereocenters. The number of nitrogens with one attached hydrogen (secondary N) is 1. The molecule has 0 radical (unpaired) electrons. The number of hydrogen-bond donors (Lipinski definition) is 3. The molecule has 0 aliphatic heterocycles. The van der Waals surface area contributed by atoms with Crippen LogP contribution in [0.15, 0.2) is 24.3 Å². The molecule has 0 fully saturated rings. The van der Waals surface area contributed by atoms with E-state index in [1.165, 1.54) is 449 Å². The van der Waals surface area contributed by atoms with Crippen molar-refractivity contribution in [2.45, 2.75) is 533 Å². The van der Waals surface area contributed by atoms with E-state index in [4.69, 9.17) is 4.74 Å². The number of allylic oxidation sites excluding steroid dienone is 4. The minimum atomic E-state index is -0.662. The van der Waals surface area contributed by atoms with Crippen molar-refractivity contribution in [3.8, 4) is 0 Å². The Morgan fingerprint density at radius 3 is 0.732 bits per heavy atom. The van der Waals surface area contributed by atoms with Crippen molar-refractivity contribution < 1.29 is 24.5 Å². The van der Waals surface area contributed by atoms with E-state index < -0.39 is 12.1 Å². The molecular weight excluding hydrogens is 1190 g/mol. The molecule has 0 spiro atoms. The summed E-state index contributed by atoms with van der Waals surface area (Å²) in [6.45, 7) is 5.02. The van der Waals surface area contributed by atoms with Crippen molar-refractivity contribution in [2.75, 3.05) is 13.2 Å². The minimum Gasteiger partial charge on any atom is -0.466 e. The molecule has 6 heteroatoms. The molecule has 3 N–H and O–H groups in total. The number of unbranched alkanes of at least 4 members (excludes halogenated alkanes) is 71. The first kappa shape index (κ1) is 95.3. The molecule has 576 valence electrons. The van der Waals surface area contributed by atoms with Crippen molar-refractivity contribution in [2.24, 2.45) is 0 Å². The molecule has 2 atom stereocenters. The average molecular weight is 1370 g/mol. The fourth-order valence-electron chi connectivity index (χ4n) is 14.6. The lowest BCUT2D eigenvalue weighted by Crippen LogP contribution is -2.45. The summed E-state index contributed by atoms with van der Waals surface area (Å²) in [6, 6.07) is -0.539. The Morgan fingerprint density at radius 2 is 0.485 bits per heavy atom. The van der Waals surface area contributed by atoms with Gasteiger partial charge in [0.1, 0.15) is 0 Å². The molecule has 0 rings (SSSR count). The molecule has 6 nitrogen and oxygen atoms in total. The van der Waals surface area contributed by atoms with Gasteiger partial charge >= 0.3 is 5.97 Å². The Balaban J connectivity index is 3.32. The number of carbonyl (C=O) groups excluding carboxylic acids is 2. The van der Waals surface area contributed by atoms with Crippen molar-refractivity contribution in [1.82, 2.24) is 5.32 Å². The van der Waals surface area contributed by atoms with Crippen LogP contribution in [0.1, 0.15) is 521 Å². The lowest BCUT2D eigenvalue weighted by molar-refractivity contribution is -0.143. The van der Waals surface area contributed by atoms with E-state index in [2.05, 4.69) is 43.5 Å². The summed E-state index contributed by atoms with van der Waals surface area (Å²) in [5.74, 6) is -0.00106. The van der Waals surface area contributed by atoms with Crippen molar-refractivity contribution >= 4 is 11.9 Å². The second-order valence-corrected chi connectivity index (χ2v) is 31.3. The van der Waals surface area contributed by atoms with Gasteiger partial charge in [-0.3, -0.25) is 9.59 Å². The van der Waals surface area contributed by atoms with Crippen LogP contribution in [0.2, 0.25) is 0 Å². The van der Waals surface area contributed by atoms with Gasteiger partial charge < -0.3 is 20.3 Å². The number of hydrogen-bond acceptors (Lipinski definition) is 5. The zero-order chi connectivity index (χ0) is 69.8. The second-order valence-electron chi connectivity index (χ2n) is 31.3. The van der Waals surface area contributed by atoms with Crippen LogP contribution < -0.4 is 5.32 Å². The number of carbonyl (C=O) groups is 2. The van der Waals surface area contributed by atoms with E-state index in [0.29, 0.717) is 25.9 Å². The van der Waals surface area contributed by atoms with Gasteiger partial charge in [0.05, 0.1) is 25.4 Å². The second kappa shape index (κ2) is 86.7. The van der Waals surface area contributed by atoms with Crippen LogP contribution in [-0.2, 0) is 14.3 Å². The topological polar surface area (TPSA) is 95.9 Å². The average Bonchev–Trinajstić information content (AvgIpc) is 2.51. The van der Waals surface area contributed by atoms with E-state index in [-0.39, 0.29) is 18.5 Å². The predicted octanol–water partition coefficient (Wildman–Crippen LogP) is 30.3. The Morgan fingerprint density at radius 1 is 0.278 bits per heavy atom. The molecule has 1 amide bonds. The molecule has 0 saturated carbocycles. The normalized spacial score (nSPS) is 12.5. The molecule has 0 aliphatic carbocycles. The summed E-state index contributed by atoms with van der Waals surface area (Å²) in [4.78, 5) is 24.7. The molecule has 0 aromatic rings.